The Morgan fingerprint density at radius 2 is 1.93 bits per heavy atom. The number of nitrogens with one attached hydrogen (secondary N) is 1. The summed E-state index contributed by atoms with van der Waals surface area (Å²) in [6.07, 6.45) is 1.03. The Labute approximate surface area is 180 Å². The first-order valence-electron chi connectivity index (χ1n) is 8.73. The molecule has 0 atom stereocenters. The van der Waals surface area contributed by atoms with E-state index in [1.54, 1.807) is 16.4 Å². The second kappa shape index (κ2) is 11.9. The van der Waals surface area contributed by atoms with Crippen molar-refractivity contribution in [3.8, 4) is 5.75 Å². The summed E-state index contributed by atoms with van der Waals surface area (Å²) in [5.74, 6) is 1.87. The maximum absolute atomic E-state index is 5.99. The van der Waals surface area contributed by atoms with Crippen LogP contribution < -0.4 is 10.1 Å². The standard InChI is InChI=1S/C19H22ClN5OS.ClH/c1-25-19(22-23-24-25)27-12-4-11-21-13-16-5-2-3-6-18(16)26-14-15-7-9-17(20)10-8-15;/h2-3,5-10,21H,4,11-14H2,1H3;1H. The van der Waals surface area contributed by atoms with Gasteiger partial charge in [0, 0.05) is 29.9 Å². The van der Waals surface area contributed by atoms with Gasteiger partial charge in [0.2, 0.25) is 5.16 Å². The van der Waals surface area contributed by atoms with Gasteiger partial charge < -0.3 is 10.1 Å². The van der Waals surface area contributed by atoms with Gasteiger partial charge in [0.25, 0.3) is 0 Å². The lowest BCUT2D eigenvalue weighted by atomic mass is 10.2. The average Bonchev–Trinajstić information content (AvgIpc) is 3.10. The number of para-hydroxylation sites is 1. The number of aromatic nitrogens is 4. The summed E-state index contributed by atoms with van der Waals surface area (Å²) in [4.78, 5) is 0. The smallest absolute Gasteiger partial charge is 0.209 e. The molecular formula is C19H23Cl2N5OS. The number of hydrogen-bond acceptors (Lipinski definition) is 6. The van der Waals surface area contributed by atoms with E-state index in [0.29, 0.717) is 6.61 Å². The van der Waals surface area contributed by atoms with Crippen LogP contribution in [0.2, 0.25) is 5.02 Å². The highest BCUT2D eigenvalue weighted by atomic mass is 35.5. The predicted molar refractivity (Wildman–Crippen MR) is 115 cm³/mol. The van der Waals surface area contributed by atoms with E-state index in [9.17, 15) is 0 Å². The van der Waals surface area contributed by atoms with Gasteiger partial charge in [0.1, 0.15) is 12.4 Å². The molecule has 1 N–H and O–H groups in total. The zero-order chi connectivity index (χ0) is 18.9. The minimum absolute atomic E-state index is 0. The molecule has 0 aliphatic rings. The largest absolute Gasteiger partial charge is 0.489 e. The Balaban J connectivity index is 0.00000280. The molecule has 0 spiro atoms. The summed E-state index contributed by atoms with van der Waals surface area (Å²) >= 11 is 7.59. The first-order valence-corrected chi connectivity index (χ1v) is 10.1. The van der Waals surface area contributed by atoms with Crippen LogP contribution in [-0.2, 0) is 20.2 Å². The lowest BCUT2D eigenvalue weighted by molar-refractivity contribution is 0.302. The Kier molecular flexibility index (Phi) is 9.57. The quantitative estimate of drug-likeness (QED) is 0.378. The minimum atomic E-state index is 0. The molecule has 9 heteroatoms. The van der Waals surface area contributed by atoms with E-state index in [0.717, 1.165) is 52.3 Å². The zero-order valence-corrected chi connectivity index (χ0v) is 17.9. The zero-order valence-electron chi connectivity index (χ0n) is 15.5. The maximum Gasteiger partial charge on any atom is 0.209 e. The second-order valence-corrected chi connectivity index (χ2v) is 7.49. The summed E-state index contributed by atoms with van der Waals surface area (Å²) in [5, 5.41) is 16.5. The monoisotopic (exact) mass is 439 g/mol. The Morgan fingerprint density at radius 3 is 2.68 bits per heavy atom. The lowest BCUT2D eigenvalue weighted by Crippen LogP contribution is -2.16. The van der Waals surface area contributed by atoms with Crippen LogP contribution in [0.5, 0.6) is 5.75 Å². The van der Waals surface area contributed by atoms with Gasteiger partial charge in [0.15, 0.2) is 0 Å². The van der Waals surface area contributed by atoms with Crippen molar-refractivity contribution in [2.24, 2.45) is 7.05 Å². The summed E-state index contributed by atoms with van der Waals surface area (Å²) in [5.41, 5.74) is 2.24. The SMILES string of the molecule is Cl.Cn1nnnc1SCCCNCc1ccccc1OCc1ccc(Cl)cc1. The maximum atomic E-state index is 5.99. The van der Waals surface area contributed by atoms with Crippen molar-refractivity contribution in [3.05, 3.63) is 64.7 Å². The van der Waals surface area contributed by atoms with Crippen LogP contribution in [0.3, 0.4) is 0 Å². The van der Waals surface area contributed by atoms with Gasteiger partial charge in [-0.3, -0.25) is 0 Å². The van der Waals surface area contributed by atoms with Crippen LogP contribution in [0.4, 0.5) is 0 Å². The van der Waals surface area contributed by atoms with Gasteiger partial charge in [-0.1, -0.05) is 53.7 Å². The molecule has 0 saturated heterocycles. The van der Waals surface area contributed by atoms with Crippen molar-refractivity contribution in [3.63, 3.8) is 0 Å². The van der Waals surface area contributed by atoms with Crippen LogP contribution >= 0.6 is 35.8 Å². The van der Waals surface area contributed by atoms with Crippen LogP contribution in [-0.4, -0.2) is 32.5 Å². The highest BCUT2D eigenvalue weighted by molar-refractivity contribution is 7.99. The normalized spacial score (nSPS) is 10.5. The van der Waals surface area contributed by atoms with Crippen molar-refractivity contribution in [2.45, 2.75) is 24.7 Å². The van der Waals surface area contributed by atoms with Crippen LogP contribution in [0, 0.1) is 0 Å². The van der Waals surface area contributed by atoms with Gasteiger partial charge in [-0.2, -0.15) is 0 Å². The lowest BCUT2D eigenvalue weighted by Gasteiger charge is -2.12. The van der Waals surface area contributed by atoms with Crippen molar-refractivity contribution in [1.82, 2.24) is 25.5 Å². The van der Waals surface area contributed by atoms with Gasteiger partial charge in [0.05, 0.1) is 0 Å². The van der Waals surface area contributed by atoms with E-state index in [-0.39, 0.29) is 12.4 Å². The van der Waals surface area contributed by atoms with Gasteiger partial charge in [-0.25, -0.2) is 4.68 Å². The summed E-state index contributed by atoms with van der Waals surface area (Å²) in [6, 6.07) is 15.8. The fourth-order valence-corrected chi connectivity index (χ4v) is 3.37. The molecular weight excluding hydrogens is 417 g/mol. The van der Waals surface area contributed by atoms with E-state index in [1.807, 2.05) is 49.5 Å². The number of thioether (sulfide) groups is 1. The summed E-state index contributed by atoms with van der Waals surface area (Å²) in [7, 11) is 1.85. The van der Waals surface area contributed by atoms with E-state index in [2.05, 4.69) is 26.9 Å². The van der Waals surface area contributed by atoms with Crippen molar-refractivity contribution >= 4 is 35.8 Å². The van der Waals surface area contributed by atoms with E-state index in [1.165, 1.54) is 0 Å². The van der Waals surface area contributed by atoms with Crippen LogP contribution in [0.1, 0.15) is 17.5 Å². The second-order valence-electron chi connectivity index (χ2n) is 5.99. The number of aryl methyl sites for hydroxylation is 1. The number of nitrogens with zero attached hydrogens (tertiary/aromatic N) is 4. The molecule has 0 amide bonds. The molecule has 0 saturated carbocycles. The molecule has 1 aromatic heterocycles. The molecule has 1 heterocycles. The third-order valence-electron chi connectivity index (χ3n) is 3.91. The van der Waals surface area contributed by atoms with Crippen molar-refractivity contribution in [2.75, 3.05) is 12.3 Å². The van der Waals surface area contributed by atoms with Gasteiger partial charge in [-0.15, -0.1) is 17.5 Å². The van der Waals surface area contributed by atoms with Crippen molar-refractivity contribution < 1.29 is 4.74 Å². The van der Waals surface area contributed by atoms with Crippen LogP contribution in [0.25, 0.3) is 0 Å². The molecule has 150 valence electrons. The summed E-state index contributed by atoms with van der Waals surface area (Å²) < 4.78 is 7.68. The number of hydrogen-bond donors (Lipinski definition) is 1. The molecule has 0 aliphatic carbocycles. The molecule has 0 bridgehead atoms. The highest BCUT2D eigenvalue weighted by Gasteiger charge is 2.05. The third kappa shape index (κ3) is 6.98. The predicted octanol–water partition coefficient (Wildman–Crippen LogP) is 4.14. The van der Waals surface area contributed by atoms with Gasteiger partial charge in [-0.05, 0) is 47.2 Å². The fourth-order valence-electron chi connectivity index (χ4n) is 2.46. The number of halogens is 2. The Hall–Kier alpha value is -1.80. The number of ether oxygens (including phenoxy) is 1. The minimum Gasteiger partial charge on any atom is -0.489 e. The molecule has 2 aromatic carbocycles. The molecule has 28 heavy (non-hydrogen) atoms. The topological polar surface area (TPSA) is 64.9 Å². The number of rotatable bonds is 10. The third-order valence-corrected chi connectivity index (χ3v) is 5.25. The van der Waals surface area contributed by atoms with E-state index >= 15 is 0 Å². The first kappa shape index (κ1) is 22.5. The Morgan fingerprint density at radius 1 is 1.14 bits per heavy atom. The van der Waals surface area contributed by atoms with Gasteiger partial charge >= 0.3 is 0 Å². The number of benzene rings is 2. The molecule has 6 nitrogen and oxygen atoms in total. The van der Waals surface area contributed by atoms with E-state index in [4.69, 9.17) is 16.3 Å². The summed E-state index contributed by atoms with van der Waals surface area (Å²) in [6.45, 7) is 2.22. The molecule has 0 aliphatic heterocycles. The Bertz CT molecular complexity index is 844. The average molecular weight is 440 g/mol. The number of tetrazole rings is 1. The fraction of sp³-hybridized carbons (Fsp3) is 0.316. The van der Waals surface area contributed by atoms with Crippen LogP contribution in [0.15, 0.2) is 53.7 Å². The highest BCUT2D eigenvalue weighted by Crippen LogP contribution is 2.20. The molecule has 3 rings (SSSR count). The molecule has 0 unspecified atom stereocenters. The molecule has 0 fully saturated rings. The van der Waals surface area contributed by atoms with Crippen molar-refractivity contribution in [1.29, 1.82) is 0 Å². The molecule has 3 aromatic rings. The molecule has 0 radical (unpaired) electrons. The van der Waals surface area contributed by atoms with E-state index < -0.39 is 0 Å². The first-order chi connectivity index (χ1) is 13.2.